The van der Waals surface area contributed by atoms with Gasteiger partial charge in [-0.1, -0.05) is 12.1 Å². The molecular weight excluding hydrogens is 208 g/mol. The van der Waals surface area contributed by atoms with Crippen LogP contribution in [0.1, 0.15) is 0 Å². The summed E-state index contributed by atoms with van der Waals surface area (Å²) in [6.07, 6.45) is 3.01. The third-order valence-corrected chi connectivity index (χ3v) is 2.16. The Labute approximate surface area is 90.7 Å². The van der Waals surface area contributed by atoms with Gasteiger partial charge in [-0.2, -0.15) is 0 Å². The standard InChI is InChI=1S/C11H8N2O3/c14-9-5-7-12(8-6-9)10-3-1-2-4-11(10)13(15)16/h1-8H. The normalized spacial score (nSPS) is 10.0. The molecule has 0 atom stereocenters. The Kier molecular flexibility index (Phi) is 2.51. The minimum atomic E-state index is -0.451. The smallest absolute Gasteiger partial charge is 0.293 e. The first-order valence-corrected chi connectivity index (χ1v) is 4.60. The molecule has 5 nitrogen and oxygen atoms in total. The van der Waals surface area contributed by atoms with Crippen LogP contribution in [0.3, 0.4) is 0 Å². The van der Waals surface area contributed by atoms with Gasteiger partial charge >= 0.3 is 0 Å². The molecule has 0 fully saturated rings. The molecule has 1 aromatic heterocycles. The van der Waals surface area contributed by atoms with Crippen LogP contribution in [0, 0.1) is 10.1 Å². The van der Waals surface area contributed by atoms with Crippen LogP contribution in [0.5, 0.6) is 0 Å². The molecule has 0 aliphatic heterocycles. The topological polar surface area (TPSA) is 65.1 Å². The maximum absolute atomic E-state index is 10.9. The van der Waals surface area contributed by atoms with Crippen LogP contribution in [0.15, 0.2) is 53.6 Å². The molecule has 0 bridgehead atoms. The van der Waals surface area contributed by atoms with Gasteiger partial charge < -0.3 is 4.57 Å². The highest BCUT2D eigenvalue weighted by molar-refractivity contribution is 5.52. The molecule has 80 valence electrons. The van der Waals surface area contributed by atoms with Gasteiger partial charge in [-0.3, -0.25) is 14.9 Å². The second-order valence-corrected chi connectivity index (χ2v) is 3.19. The van der Waals surface area contributed by atoms with Crippen molar-refractivity contribution in [2.24, 2.45) is 0 Å². The predicted molar refractivity (Wildman–Crippen MR) is 58.7 cm³/mol. The monoisotopic (exact) mass is 216 g/mol. The summed E-state index contributed by atoms with van der Waals surface area (Å²) in [5.74, 6) is 0. The molecule has 0 saturated heterocycles. The minimum absolute atomic E-state index is 0.00569. The first-order chi connectivity index (χ1) is 7.68. The number of benzene rings is 1. The number of rotatable bonds is 2. The molecule has 1 aromatic carbocycles. The highest BCUT2D eigenvalue weighted by Gasteiger charge is 2.12. The first kappa shape index (κ1) is 10.1. The van der Waals surface area contributed by atoms with Gasteiger partial charge in [0.25, 0.3) is 5.69 Å². The molecule has 0 aliphatic rings. The average molecular weight is 216 g/mol. The zero-order valence-corrected chi connectivity index (χ0v) is 8.24. The summed E-state index contributed by atoms with van der Waals surface area (Å²) >= 11 is 0. The fraction of sp³-hybridized carbons (Fsp3) is 0. The van der Waals surface area contributed by atoms with Crippen LogP contribution in [0.25, 0.3) is 5.69 Å². The van der Waals surface area contributed by atoms with Crippen LogP contribution in [-0.4, -0.2) is 9.49 Å². The number of nitrogens with zero attached hydrogens (tertiary/aromatic N) is 2. The third-order valence-electron chi connectivity index (χ3n) is 2.16. The van der Waals surface area contributed by atoms with Gasteiger partial charge in [0.05, 0.1) is 4.92 Å². The molecule has 16 heavy (non-hydrogen) atoms. The third kappa shape index (κ3) is 1.83. The fourth-order valence-corrected chi connectivity index (χ4v) is 1.41. The van der Waals surface area contributed by atoms with Crippen molar-refractivity contribution in [1.82, 2.24) is 4.57 Å². The SMILES string of the molecule is O=c1ccn(-c2ccccc2[N+](=O)[O-])cc1. The lowest BCUT2D eigenvalue weighted by molar-refractivity contribution is -0.384. The number of hydrogen-bond donors (Lipinski definition) is 0. The van der Waals surface area contributed by atoms with Gasteiger partial charge in [0.1, 0.15) is 5.69 Å². The number of para-hydroxylation sites is 2. The predicted octanol–water partition coefficient (Wildman–Crippen LogP) is 1.75. The van der Waals surface area contributed by atoms with Crippen LogP contribution >= 0.6 is 0 Å². The van der Waals surface area contributed by atoms with Crippen LogP contribution in [0.4, 0.5) is 5.69 Å². The maximum Gasteiger partial charge on any atom is 0.293 e. The van der Waals surface area contributed by atoms with E-state index in [-0.39, 0.29) is 11.1 Å². The summed E-state index contributed by atoms with van der Waals surface area (Å²) in [4.78, 5) is 21.3. The van der Waals surface area contributed by atoms with Gasteiger partial charge in [0, 0.05) is 30.6 Å². The average Bonchev–Trinajstić information content (AvgIpc) is 2.30. The van der Waals surface area contributed by atoms with Gasteiger partial charge in [0.15, 0.2) is 5.43 Å². The van der Waals surface area contributed by atoms with E-state index in [4.69, 9.17) is 0 Å². The molecule has 0 spiro atoms. The summed E-state index contributed by atoms with van der Waals surface area (Å²) < 4.78 is 1.54. The Bertz CT molecular complexity index is 569. The van der Waals surface area contributed by atoms with E-state index in [1.54, 1.807) is 22.8 Å². The molecular formula is C11H8N2O3. The van der Waals surface area contributed by atoms with Crippen LogP contribution in [-0.2, 0) is 0 Å². The van der Waals surface area contributed by atoms with E-state index in [2.05, 4.69) is 0 Å². The molecule has 5 heteroatoms. The van der Waals surface area contributed by atoms with Gasteiger partial charge in [0.2, 0.25) is 0 Å². The first-order valence-electron chi connectivity index (χ1n) is 4.60. The van der Waals surface area contributed by atoms with Crippen molar-refractivity contribution in [2.75, 3.05) is 0 Å². The zero-order valence-electron chi connectivity index (χ0n) is 8.24. The summed E-state index contributed by atoms with van der Waals surface area (Å²) in [5.41, 5.74) is 0.313. The molecule has 0 unspecified atom stereocenters. The zero-order chi connectivity index (χ0) is 11.5. The van der Waals surface area contributed by atoms with E-state index >= 15 is 0 Å². The second kappa shape index (κ2) is 3.98. The van der Waals surface area contributed by atoms with Gasteiger partial charge in [-0.15, -0.1) is 0 Å². The van der Waals surface area contributed by atoms with E-state index in [1.807, 2.05) is 0 Å². The molecule has 0 aliphatic carbocycles. The van der Waals surface area contributed by atoms with Crippen molar-refractivity contribution in [3.05, 3.63) is 69.1 Å². The molecule has 1 heterocycles. The number of pyridine rings is 1. The molecule has 2 rings (SSSR count). The Morgan fingerprint density at radius 1 is 1.06 bits per heavy atom. The molecule has 0 saturated carbocycles. The summed E-state index contributed by atoms with van der Waals surface area (Å²) in [7, 11) is 0. The van der Waals surface area contributed by atoms with Crippen molar-refractivity contribution >= 4 is 5.69 Å². The largest absolute Gasteiger partial charge is 0.318 e. The lowest BCUT2D eigenvalue weighted by Gasteiger charge is -2.05. The summed E-state index contributed by atoms with van der Waals surface area (Å²) in [6.45, 7) is 0. The van der Waals surface area contributed by atoms with Crippen molar-refractivity contribution in [3.8, 4) is 5.69 Å². The summed E-state index contributed by atoms with van der Waals surface area (Å²) in [6, 6.07) is 9.08. The number of aromatic nitrogens is 1. The fourth-order valence-electron chi connectivity index (χ4n) is 1.41. The Morgan fingerprint density at radius 3 is 2.31 bits per heavy atom. The molecule has 0 amide bonds. The Morgan fingerprint density at radius 2 is 1.69 bits per heavy atom. The van der Waals surface area contributed by atoms with Crippen LogP contribution < -0.4 is 5.43 Å². The van der Waals surface area contributed by atoms with Gasteiger partial charge in [-0.25, -0.2) is 0 Å². The maximum atomic E-state index is 10.9. The molecule has 0 radical (unpaired) electrons. The van der Waals surface area contributed by atoms with E-state index < -0.39 is 4.92 Å². The molecule has 0 N–H and O–H groups in total. The number of hydrogen-bond acceptors (Lipinski definition) is 3. The van der Waals surface area contributed by atoms with Crippen LogP contribution in [0.2, 0.25) is 0 Å². The highest BCUT2D eigenvalue weighted by Crippen LogP contribution is 2.21. The van der Waals surface area contributed by atoms with E-state index in [9.17, 15) is 14.9 Å². The van der Waals surface area contributed by atoms with Gasteiger partial charge in [-0.05, 0) is 6.07 Å². The van der Waals surface area contributed by atoms with E-state index in [1.165, 1.54) is 30.6 Å². The highest BCUT2D eigenvalue weighted by atomic mass is 16.6. The molecule has 2 aromatic rings. The Hall–Kier alpha value is -2.43. The van der Waals surface area contributed by atoms with Crippen molar-refractivity contribution in [3.63, 3.8) is 0 Å². The van der Waals surface area contributed by atoms with E-state index in [0.717, 1.165) is 0 Å². The minimum Gasteiger partial charge on any atom is -0.318 e. The number of nitro groups is 1. The lowest BCUT2D eigenvalue weighted by atomic mass is 10.2. The Balaban J connectivity index is 2.59. The quantitative estimate of drug-likeness (QED) is 0.567. The van der Waals surface area contributed by atoms with Crippen molar-refractivity contribution in [1.29, 1.82) is 0 Å². The van der Waals surface area contributed by atoms with E-state index in [0.29, 0.717) is 5.69 Å². The summed E-state index contributed by atoms with van der Waals surface area (Å²) in [5, 5.41) is 10.8. The lowest BCUT2D eigenvalue weighted by Crippen LogP contribution is -2.04. The second-order valence-electron chi connectivity index (χ2n) is 3.19. The van der Waals surface area contributed by atoms with Crippen molar-refractivity contribution in [2.45, 2.75) is 0 Å². The number of nitro benzene ring substituents is 1. The van der Waals surface area contributed by atoms with Crippen molar-refractivity contribution < 1.29 is 4.92 Å².